The molecule has 0 spiro atoms. The van der Waals surface area contributed by atoms with E-state index in [1.54, 1.807) is 0 Å². The van der Waals surface area contributed by atoms with E-state index in [1.807, 2.05) is 6.92 Å². The van der Waals surface area contributed by atoms with Crippen LogP contribution in [0.5, 0.6) is 0 Å². The number of amides is 1. The van der Waals surface area contributed by atoms with Crippen molar-refractivity contribution in [2.45, 2.75) is 304 Å². The summed E-state index contributed by atoms with van der Waals surface area (Å²) in [4.78, 5) is 63.3. The second-order valence-corrected chi connectivity index (χ2v) is 20.2. The first kappa shape index (κ1) is 66.9. The van der Waals surface area contributed by atoms with Crippen LogP contribution in [0, 0.1) is 5.92 Å². The van der Waals surface area contributed by atoms with Crippen LogP contribution in [-0.4, -0.2) is 68.5 Å². The summed E-state index contributed by atoms with van der Waals surface area (Å²) < 4.78 is 28.2. The molecule has 70 heavy (non-hydrogen) atoms. The topological polar surface area (TPSA) is 144 Å². The Morgan fingerprint density at radius 1 is 0.429 bits per heavy atom. The van der Waals surface area contributed by atoms with Crippen molar-refractivity contribution in [3.63, 3.8) is 0 Å². The van der Waals surface area contributed by atoms with Gasteiger partial charge in [-0.25, -0.2) is 4.79 Å². The molecule has 0 radical (unpaired) electrons. The standard InChI is InChI=1S/C52H97NO10.C7H12.H2/c1-6-11-15-19-23-27-33-46(34-28-24-20-16-12-7-2)62-50(56)39-31-37-48(54)59-42-45(44-61-52(58)53-41-10-5)43-60-49(55)38-32-40-51(57)63-47(35-29-25-21-17-13-8-3)36-30-26-22-18-14-9-4;1-7-5-3-2-4-6-7;/h45-47H,6-44H2,1-5H3,(H,53,58);1-6H2;1H. The normalized spacial score (nSPS) is 12.4. The van der Waals surface area contributed by atoms with Gasteiger partial charge >= 0.3 is 30.0 Å². The molecule has 1 N–H and O–H groups in total. The van der Waals surface area contributed by atoms with Crippen LogP contribution in [-0.2, 0) is 42.9 Å². The summed E-state index contributed by atoms with van der Waals surface area (Å²) in [5.74, 6) is -2.13. The molecule has 0 aromatic heterocycles. The number of hydrogen-bond acceptors (Lipinski definition) is 10. The van der Waals surface area contributed by atoms with Crippen molar-refractivity contribution >= 4 is 30.0 Å². The van der Waals surface area contributed by atoms with E-state index < -0.39 is 23.9 Å². The highest BCUT2D eigenvalue weighted by molar-refractivity contribution is 5.73. The second-order valence-electron chi connectivity index (χ2n) is 20.2. The van der Waals surface area contributed by atoms with Gasteiger partial charge in [-0.3, -0.25) is 19.2 Å². The number of hydrogen-bond donors (Lipinski definition) is 1. The van der Waals surface area contributed by atoms with E-state index in [9.17, 15) is 24.0 Å². The predicted molar refractivity (Wildman–Crippen MR) is 289 cm³/mol. The molecule has 11 heteroatoms. The summed E-state index contributed by atoms with van der Waals surface area (Å²) in [6.45, 7) is 14.8. The molecule has 1 fully saturated rings. The quantitative estimate of drug-likeness (QED) is 0.0271. The first-order valence-electron chi connectivity index (χ1n) is 29.4. The minimum absolute atomic E-state index is 0. The number of unbranched alkanes of at least 4 members (excludes halogenated alkanes) is 20. The summed E-state index contributed by atoms with van der Waals surface area (Å²) in [7, 11) is 0. The fourth-order valence-electron chi connectivity index (χ4n) is 8.61. The van der Waals surface area contributed by atoms with Crippen LogP contribution < -0.4 is 5.32 Å². The molecule has 412 valence electrons. The fourth-order valence-corrected chi connectivity index (χ4v) is 8.61. The highest BCUT2D eigenvalue weighted by atomic mass is 16.6. The number of carbonyl (C=O) groups excluding carboxylic acids is 5. The largest absolute Gasteiger partial charge is 0.465 e. The van der Waals surface area contributed by atoms with Crippen molar-refractivity contribution in [3.05, 3.63) is 12.2 Å². The van der Waals surface area contributed by atoms with Gasteiger partial charge in [0.05, 0.1) is 5.92 Å². The smallest absolute Gasteiger partial charge is 0.407 e. The Kier molecular flexibility index (Phi) is 48.6. The molecule has 1 aliphatic rings. The average molecular weight is 995 g/mol. The number of nitrogens with one attached hydrogen (secondary N) is 1. The van der Waals surface area contributed by atoms with Gasteiger partial charge in [-0.1, -0.05) is 182 Å². The Balaban J connectivity index is 0. The van der Waals surface area contributed by atoms with Crippen molar-refractivity contribution in [1.82, 2.24) is 5.32 Å². The third-order valence-electron chi connectivity index (χ3n) is 13.1. The lowest BCUT2D eigenvalue weighted by Gasteiger charge is -2.19. The lowest BCUT2D eigenvalue weighted by molar-refractivity contribution is -0.151. The van der Waals surface area contributed by atoms with Gasteiger partial charge < -0.3 is 29.0 Å². The Morgan fingerprint density at radius 3 is 1.09 bits per heavy atom. The molecule has 0 saturated heterocycles. The third-order valence-corrected chi connectivity index (χ3v) is 13.1. The van der Waals surface area contributed by atoms with E-state index in [1.165, 1.54) is 140 Å². The number of rotatable bonds is 46. The molecule has 0 bridgehead atoms. The molecule has 0 heterocycles. The van der Waals surface area contributed by atoms with Gasteiger partial charge in [-0.15, -0.1) is 0 Å². The lowest BCUT2D eigenvalue weighted by atomic mass is 9.97. The molecule has 0 unspecified atom stereocenters. The SMILES string of the molecule is C=C1CCCCC1.CCCCCCCCC(CCCCCCCC)OC(=O)CCCC(=O)OCC(COC(=O)CCCC(=O)OC(CCCCCCCC)CCCCCCCC)COC(=O)NCCC.[HH]. The van der Waals surface area contributed by atoms with E-state index in [0.717, 1.165) is 83.5 Å². The fraction of sp³-hybridized carbons (Fsp3) is 0.881. The van der Waals surface area contributed by atoms with Crippen LogP contribution in [0.2, 0.25) is 0 Å². The lowest BCUT2D eigenvalue weighted by Crippen LogP contribution is -2.30. The first-order valence-corrected chi connectivity index (χ1v) is 29.4. The minimum atomic E-state index is -0.603. The summed E-state index contributed by atoms with van der Waals surface area (Å²) in [6, 6.07) is 0. The number of carbonyl (C=O) groups is 5. The maximum absolute atomic E-state index is 12.8. The van der Waals surface area contributed by atoms with Crippen LogP contribution >= 0.6 is 0 Å². The van der Waals surface area contributed by atoms with Crippen molar-refractivity contribution in [1.29, 1.82) is 0 Å². The van der Waals surface area contributed by atoms with E-state index >= 15 is 0 Å². The zero-order valence-electron chi connectivity index (χ0n) is 46.1. The van der Waals surface area contributed by atoms with Crippen molar-refractivity contribution < 1.29 is 49.1 Å². The van der Waals surface area contributed by atoms with E-state index in [-0.39, 0.29) is 71.1 Å². The van der Waals surface area contributed by atoms with Gasteiger partial charge in [0.1, 0.15) is 32.0 Å². The molecule has 0 aromatic carbocycles. The van der Waals surface area contributed by atoms with E-state index in [4.69, 9.17) is 23.7 Å². The van der Waals surface area contributed by atoms with Crippen LogP contribution in [0.4, 0.5) is 4.79 Å². The summed E-state index contributed by atoms with van der Waals surface area (Å²) in [6.07, 6.45) is 39.8. The summed E-state index contributed by atoms with van der Waals surface area (Å²) in [5, 5.41) is 2.64. The van der Waals surface area contributed by atoms with Gasteiger partial charge in [0.25, 0.3) is 0 Å². The van der Waals surface area contributed by atoms with Gasteiger partial charge in [0, 0.05) is 33.7 Å². The van der Waals surface area contributed by atoms with E-state index in [2.05, 4.69) is 39.6 Å². The molecule has 0 aromatic rings. The second kappa shape index (κ2) is 50.8. The Hall–Kier alpha value is -3.11. The van der Waals surface area contributed by atoms with Crippen molar-refractivity contribution in [2.75, 3.05) is 26.4 Å². The van der Waals surface area contributed by atoms with Crippen LogP contribution in [0.3, 0.4) is 0 Å². The van der Waals surface area contributed by atoms with Crippen molar-refractivity contribution in [3.8, 4) is 0 Å². The molecular formula is C59H111NO10. The number of ether oxygens (including phenoxy) is 5. The molecular weight excluding hydrogens is 883 g/mol. The Morgan fingerprint density at radius 2 is 0.757 bits per heavy atom. The number of allylic oxidation sites excluding steroid dienone is 1. The van der Waals surface area contributed by atoms with Crippen molar-refractivity contribution in [2.24, 2.45) is 5.92 Å². The van der Waals surface area contributed by atoms with E-state index in [0.29, 0.717) is 19.4 Å². The van der Waals surface area contributed by atoms with Crippen LogP contribution in [0.15, 0.2) is 12.2 Å². The molecule has 0 aliphatic heterocycles. The zero-order chi connectivity index (χ0) is 51.6. The van der Waals surface area contributed by atoms with Crippen LogP contribution in [0.25, 0.3) is 0 Å². The third kappa shape index (κ3) is 46.0. The maximum atomic E-state index is 12.8. The molecule has 1 amide bonds. The minimum Gasteiger partial charge on any atom is -0.465 e. The molecule has 1 saturated carbocycles. The predicted octanol–water partition coefficient (Wildman–Crippen LogP) is 16.7. The molecule has 1 rings (SSSR count). The van der Waals surface area contributed by atoms with Gasteiger partial charge in [-0.2, -0.15) is 0 Å². The molecule has 11 nitrogen and oxygen atoms in total. The first-order chi connectivity index (χ1) is 34.1. The summed E-state index contributed by atoms with van der Waals surface area (Å²) in [5.41, 5.74) is 1.46. The average Bonchev–Trinajstić information content (AvgIpc) is 3.35. The van der Waals surface area contributed by atoms with Gasteiger partial charge in [-0.05, 0) is 96.3 Å². The highest BCUT2D eigenvalue weighted by Gasteiger charge is 2.20. The Labute approximate surface area is 431 Å². The zero-order valence-corrected chi connectivity index (χ0v) is 46.1. The number of esters is 4. The number of alkyl carbamates (subject to hydrolysis) is 1. The highest BCUT2D eigenvalue weighted by Crippen LogP contribution is 2.22. The molecule has 0 atom stereocenters. The molecule has 1 aliphatic carbocycles. The van der Waals surface area contributed by atoms with Gasteiger partial charge in [0.2, 0.25) is 0 Å². The van der Waals surface area contributed by atoms with Crippen LogP contribution in [0.1, 0.15) is 293 Å². The maximum Gasteiger partial charge on any atom is 0.407 e. The Bertz CT molecular complexity index is 1170. The monoisotopic (exact) mass is 994 g/mol. The summed E-state index contributed by atoms with van der Waals surface area (Å²) >= 11 is 0. The van der Waals surface area contributed by atoms with Gasteiger partial charge in [0.15, 0.2) is 0 Å².